The van der Waals surface area contributed by atoms with Crippen LogP contribution in [-0.4, -0.2) is 30.0 Å². The molecule has 3 rings (SSSR count). The van der Waals surface area contributed by atoms with Crippen molar-refractivity contribution in [2.75, 3.05) is 23.3 Å². The summed E-state index contributed by atoms with van der Waals surface area (Å²) < 4.78 is 0. The molecule has 1 aromatic carbocycles. The van der Waals surface area contributed by atoms with Crippen molar-refractivity contribution in [2.45, 2.75) is 38.8 Å². The molecule has 24 heavy (non-hydrogen) atoms. The Morgan fingerprint density at radius 2 is 2.08 bits per heavy atom. The summed E-state index contributed by atoms with van der Waals surface area (Å²) >= 11 is 1.43. The number of para-hydroxylation sites is 1. The molecule has 1 aromatic heterocycles. The van der Waals surface area contributed by atoms with Crippen molar-refractivity contribution < 1.29 is 4.79 Å². The Bertz CT molecular complexity index is 653. The summed E-state index contributed by atoms with van der Waals surface area (Å²) in [6.45, 7) is 4.81. The van der Waals surface area contributed by atoms with Crippen LogP contribution in [0.3, 0.4) is 0 Å². The van der Waals surface area contributed by atoms with Gasteiger partial charge < -0.3 is 15.5 Å². The van der Waals surface area contributed by atoms with Crippen molar-refractivity contribution in [3.05, 3.63) is 41.4 Å². The predicted octanol–water partition coefficient (Wildman–Crippen LogP) is 3.25. The van der Waals surface area contributed by atoms with E-state index in [0.29, 0.717) is 11.7 Å². The molecule has 0 saturated carbocycles. The van der Waals surface area contributed by atoms with Gasteiger partial charge in [0, 0.05) is 36.9 Å². The van der Waals surface area contributed by atoms with Crippen LogP contribution in [0.5, 0.6) is 0 Å². The summed E-state index contributed by atoms with van der Waals surface area (Å²) in [5, 5.41) is 8.65. The highest BCUT2D eigenvalue weighted by Crippen LogP contribution is 2.24. The summed E-state index contributed by atoms with van der Waals surface area (Å²) in [7, 11) is 0. The second-order valence-electron chi connectivity index (χ2n) is 6.11. The first-order chi connectivity index (χ1) is 11.7. The number of rotatable bonds is 6. The van der Waals surface area contributed by atoms with Gasteiger partial charge in [-0.1, -0.05) is 18.2 Å². The molecule has 1 amide bonds. The highest BCUT2D eigenvalue weighted by molar-refractivity contribution is 7.13. The SMILES string of the molecule is CC(NCc1ccccc1N1CCCCC1)C(=O)Nc1nccs1. The number of anilines is 2. The summed E-state index contributed by atoms with van der Waals surface area (Å²) in [4.78, 5) is 18.7. The predicted molar refractivity (Wildman–Crippen MR) is 99.6 cm³/mol. The Morgan fingerprint density at radius 1 is 1.29 bits per heavy atom. The lowest BCUT2D eigenvalue weighted by Crippen LogP contribution is -2.38. The maximum absolute atomic E-state index is 12.2. The summed E-state index contributed by atoms with van der Waals surface area (Å²) in [5.74, 6) is -0.0552. The highest BCUT2D eigenvalue weighted by Gasteiger charge is 2.17. The molecule has 1 atom stereocenters. The molecule has 2 heterocycles. The number of benzene rings is 1. The smallest absolute Gasteiger partial charge is 0.243 e. The maximum atomic E-state index is 12.2. The highest BCUT2D eigenvalue weighted by atomic mass is 32.1. The van der Waals surface area contributed by atoms with Crippen LogP contribution >= 0.6 is 11.3 Å². The fourth-order valence-corrected chi connectivity index (χ4v) is 3.49. The molecule has 1 saturated heterocycles. The molecule has 128 valence electrons. The van der Waals surface area contributed by atoms with Gasteiger partial charge in [0.15, 0.2) is 5.13 Å². The van der Waals surface area contributed by atoms with Gasteiger partial charge in [0.05, 0.1) is 6.04 Å². The fraction of sp³-hybridized carbons (Fsp3) is 0.444. The number of piperidine rings is 1. The van der Waals surface area contributed by atoms with Crippen molar-refractivity contribution >= 4 is 28.1 Å². The van der Waals surface area contributed by atoms with Crippen molar-refractivity contribution in [3.63, 3.8) is 0 Å². The molecule has 0 aliphatic carbocycles. The van der Waals surface area contributed by atoms with E-state index in [1.54, 1.807) is 6.20 Å². The van der Waals surface area contributed by atoms with Gasteiger partial charge in [0.1, 0.15) is 0 Å². The largest absolute Gasteiger partial charge is 0.371 e. The third kappa shape index (κ3) is 4.33. The maximum Gasteiger partial charge on any atom is 0.243 e. The Balaban J connectivity index is 1.58. The molecule has 0 radical (unpaired) electrons. The molecule has 0 bridgehead atoms. The number of aromatic nitrogens is 1. The summed E-state index contributed by atoms with van der Waals surface area (Å²) in [6.07, 6.45) is 5.53. The first-order valence-corrected chi connectivity index (χ1v) is 9.38. The molecule has 1 aliphatic rings. The van der Waals surface area contributed by atoms with Crippen molar-refractivity contribution in [1.82, 2.24) is 10.3 Å². The fourth-order valence-electron chi connectivity index (χ4n) is 2.96. The minimum atomic E-state index is -0.275. The van der Waals surface area contributed by atoms with Crippen LogP contribution in [0.4, 0.5) is 10.8 Å². The number of carbonyl (C=O) groups is 1. The Hall–Kier alpha value is -1.92. The minimum absolute atomic E-state index is 0.0552. The van der Waals surface area contributed by atoms with E-state index in [4.69, 9.17) is 0 Å². The van der Waals surface area contributed by atoms with Gasteiger partial charge in [0.2, 0.25) is 5.91 Å². The van der Waals surface area contributed by atoms with Crippen LogP contribution < -0.4 is 15.5 Å². The zero-order chi connectivity index (χ0) is 16.8. The molecule has 0 spiro atoms. The van der Waals surface area contributed by atoms with Crippen LogP contribution in [0.25, 0.3) is 0 Å². The summed E-state index contributed by atoms with van der Waals surface area (Å²) in [6, 6.07) is 8.20. The third-order valence-corrected chi connectivity index (χ3v) is 5.03. The Morgan fingerprint density at radius 3 is 2.83 bits per heavy atom. The zero-order valence-corrected chi connectivity index (χ0v) is 14.8. The van der Waals surface area contributed by atoms with Crippen molar-refractivity contribution in [3.8, 4) is 0 Å². The zero-order valence-electron chi connectivity index (χ0n) is 14.0. The molecular weight excluding hydrogens is 320 g/mol. The van der Waals surface area contributed by atoms with Gasteiger partial charge in [-0.2, -0.15) is 0 Å². The number of nitrogens with one attached hydrogen (secondary N) is 2. The number of carbonyl (C=O) groups excluding carboxylic acids is 1. The average molecular weight is 344 g/mol. The number of hydrogen-bond acceptors (Lipinski definition) is 5. The van der Waals surface area contributed by atoms with Crippen LogP contribution in [0.2, 0.25) is 0 Å². The summed E-state index contributed by atoms with van der Waals surface area (Å²) in [5.41, 5.74) is 2.53. The van der Waals surface area contributed by atoms with E-state index >= 15 is 0 Å². The number of hydrogen-bond donors (Lipinski definition) is 2. The van der Waals surface area contributed by atoms with Gasteiger partial charge in [-0.3, -0.25) is 4.79 Å². The van der Waals surface area contributed by atoms with E-state index in [1.165, 1.54) is 41.9 Å². The average Bonchev–Trinajstić information content (AvgIpc) is 3.13. The first kappa shape index (κ1) is 16.9. The van der Waals surface area contributed by atoms with E-state index in [-0.39, 0.29) is 11.9 Å². The number of amides is 1. The lowest BCUT2D eigenvalue weighted by Gasteiger charge is -2.31. The third-order valence-electron chi connectivity index (χ3n) is 4.34. The lowest BCUT2D eigenvalue weighted by molar-refractivity contribution is -0.117. The van der Waals surface area contributed by atoms with E-state index < -0.39 is 0 Å². The van der Waals surface area contributed by atoms with Crippen LogP contribution in [0.1, 0.15) is 31.7 Å². The lowest BCUT2D eigenvalue weighted by atomic mass is 10.1. The molecule has 1 aliphatic heterocycles. The molecule has 2 N–H and O–H groups in total. The number of nitrogens with zero attached hydrogens (tertiary/aromatic N) is 2. The van der Waals surface area contributed by atoms with Gasteiger partial charge in [-0.15, -0.1) is 11.3 Å². The van der Waals surface area contributed by atoms with Crippen LogP contribution in [0.15, 0.2) is 35.8 Å². The molecule has 6 heteroatoms. The monoisotopic (exact) mass is 344 g/mol. The van der Waals surface area contributed by atoms with Gasteiger partial charge in [-0.25, -0.2) is 4.98 Å². The normalized spacial score (nSPS) is 16.0. The molecular formula is C18H24N4OS. The Kier molecular flexibility index (Phi) is 5.82. The topological polar surface area (TPSA) is 57.3 Å². The molecule has 2 aromatic rings. The Labute approximate surface area is 147 Å². The van der Waals surface area contributed by atoms with Crippen molar-refractivity contribution in [1.29, 1.82) is 0 Å². The van der Waals surface area contributed by atoms with E-state index in [0.717, 1.165) is 13.1 Å². The standard InChI is InChI=1S/C18H24N4OS/c1-14(17(23)21-18-19-9-12-24-18)20-13-15-7-3-4-8-16(15)22-10-5-2-6-11-22/h3-4,7-9,12,14,20H,2,5-6,10-11,13H2,1H3,(H,19,21,23). The second kappa shape index (κ2) is 8.26. The second-order valence-corrected chi connectivity index (χ2v) is 7.00. The van der Waals surface area contributed by atoms with Crippen molar-refractivity contribution in [2.24, 2.45) is 0 Å². The van der Waals surface area contributed by atoms with Gasteiger partial charge >= 0.3 is 0 Å². The molecule has 1 unspecified atom stereocenters. The van der Waals surface area contributed by atoms with Gasteiger partial charge in [0.25, 0.3) is 0 Å². The molecule has 5 nitrogen and oxygen atoms in total. The number of thiazole rings is 1. The quantitative estimate of drug-likeness (QED) is 0.844. The first-order valence-electron chi connectivity index (χ1n) is 8.50. The van der Waals surface area contributed by atoms with Crippen LogP contribution in [-0.2, 0) is 11.3 Å². The van der Waals surface area contributed by atoms with E-state index in [9.17, 15) is 4.79 Å². The van der Waals surface area contributed by atoms with E-state index in [1.807, 2.05) is 12.3 Å². The minimum Gasteiger partial charge on any atom is -0.371 e. The van der Waals surface area contributed by atoms with E-state index in [2.05, 4.69) is 44.8 Å². The van der Waals surface area contributed by atoms with Crippen LogP contribution in [0, 0.1) is 0 Å². The molecule has 1 fully saturated rings. The van der Waals surface area contributed by atoms with Gasteiger partial charge in [-0.05, 0) is 37.8 Å².